The molecule has 0 saturated carbocycles. The summed E-state index contributed by atoms with van der Waals surface area (Å²) in [7, 11) is 0. The van der Waals surface area contributed by atoms with Gasteiger partial charge in [0.1, 0.15) is 0 Å². The van der Waals surface area contributed by atoms with Gasteiger partial charge in [-0.25, -0.2) is 22.4 Å². The average molecular weight is 333 g/mol. The highest BCUT2D eigenvalue weighted by Crippen LogP contribution is 2.16. The summed E-state index contributed by atoms with van der Waals surface area (Å²) in [5.74, 6) is -1.91. The summed E-state index contributed by atoms with van der Waals surface area (Å²) in [6.45, 7) is 2.85. The molecular formula is C15H19F4N3O. The molecule has 0 unspecified atom stereocenters. The van der Waals surface area contributed by atoms with Crippen molar-refractivity contribution in [1.29, 1.82) is 0 Å². The lowest BCUT2D eigenvalue weighted by Gasteiger charge is -2.35. The first-order valence-corrected chi connectivity index (χ1v) is 7.37. The van der Waals surface area contributed by atoms with Crippen LogP contribution < -0.4 is 5.32 Å². The van der Waals surface area contributed by atoms with Gasteiger partial charge in [0, 0.05) is 26.2 Å². The van der Waals surface area contributed by atoms with Crippen LogP contribution in [0.25, 0.3) is 0 Å². The molecule has 1 atom stereocenters. The van der Waals surface area contributed by atoms with E-state index in [2.05, 4.69) is 5.32 Å². The van der Waals surface area contributed by atoms with Crippen molar-refractivity contribution in [3.63, 3.8) is 0 Å². The highest BCUT2D eigenvalue weighted by molar-refractivity contribution is 5.74. The first-order chi connectivity index (χ1) is 10.9. The molecule has 1 aromatic rings. The van der Waals surface area contributed by atoms with Crippen LogP contribution in [-0.2, 0) is 0 Å². The largest absolute Gasteiger partial charge is 0.331 e. The zero-order chi connectivity index (χ0) is 17.0. The summed E-state index contributed by atoms with van der Waals surface area (Å²) < 4.78 is 50.7. The van der Waals surface area contributed by atoms with Crippen molar-refractivity contribution in [2.24, 2.45) is 0 Å². The second-order valence-corrected chi connectivity index (χ2v) is 5.52. The average Bonchev–Trinajstić information content (AvgIpc) is 2.50. The van der Waals surface area contributed by atoms with E-state index in [1.165, 1.54) is 11.0 Å². The van der Waals surface area contributed by atoms with Gasteiger partial charge in [-0.2, -0.15) is 0 Å². The Bertz CT molecular complexity index is 548. The summed E-state index contributed by atoms with van der Waals surface area (Å²) in [6, 6.07) is 2.62. The fourth-order valence-corrected chi connectivity index (χ4v) is 2.47. The SMILES string of the molecule is C[C@@H](NC(=O)N1CCN(CC(F)F)CC1)c1ccc(F)c(F)c1. The van der Waals surface area contributed by atoms with Crippen molar-refractivity contribution in [2.75, 3.05) is 32.7 Å². The molecule has 1 aromatic carbocycles. The molecule has 0 aromatic heterocycles. The first-order valence-electron chi connectivity index (χ1n) is 7.37. The number of hydrogen-bond acceptors (Lipinski definition) is 2. The maximum atomic E-state index is 13.2. The van der Waals surface area contributed by atoms with E-state index in [-0.39, 0.29) is 12.6 Å². The molecule has 0 spiro atoms. The van der Waals surface area contributed by atoms with E-state index < -0.39 is 24.1 Å². The maximum Gasteiger partial charge on any atom is 0.317 e. The van der Waals surface area contributed by atoms with Crippen molar-refractivity contribution < 1.29 is 22.4 Å². The van der Waals surface area contributed by atoms with Crippen molar-refractivity contribution >= 4 is 6.03 Å². The van der Waals surface area contributed by atoms with Gasteiger partial charge in [0.2, 0.25) is 0 Å². The Kier molecular flexibility index (Phi) is 5.81. The maximum absolute atomic E-state index is 13.2. The molecule has 1 saturated heterocycles. The third kappa shape index (κ3) is 4.82. The molecule has 0 aliphatic carbocycles. The number of benzene rings is 1. The molecule has 0 bridgehead atoms. The molecule has 8 heteroatoms. The highest BCUT2D eigenvalue weighted by atomic mass is 19.3. The Balaban J connectivity index is 1.86. The minimum atomic E-state index is -2.39. The lowest BCUT2D eigenvalue weighted by atomic mass is 10.1. The van der Waals surface area contributed by atoms with E-state index >= 15 is 0 Å². The van der Waals surface area contributed by atoms with E-state index in [1.54, 1.807) is 11.8 Å². The number of urea groups is 1. The van der Waals surface area contributed by atoms with Crippen LogP contribution in [-0.4, -0.2) is 55.0 Å². The standard InChI is InChI=1S/C15H19F4N3O/c1-10(11-2-3-12(16)13(17)8-11)20-15(23)22-6-4-21(5-7-22)9-14(18)19/h2-3,8,10,14H,4-7,9H2,1H3,(H,20,23)/t10-/m1/s1. The number of alkyl halides is 2. The predicted octanol–water partition coefficient (Wildman–Crippen LogP) is 2.62. The van der Waals surface area contributed by atoms with Gasteiger partial charge in [0.15, 0.2) is 11.6 Å². The molecule has 4 nitrogen and oxygen atoms in total. The second kappa shape index (κ2) is 7.63. The Morgan fingerprint density at radius 3 is 2.39 bits per heavy atom. The zero-order valence-corrected chi connectivity index (χ0v) is 12.7. The molecule has 23 heavy (non-hydrogen) atoms. The Morgan fingerprint density at radius 2 is 1.83 bits per heavy atom. The molecule has 0 radical (unpaired) electrons. The molecule has 1 aliphatic rings. The summed E-state index contributed by atoms with van der Waals surface area (Å²) in [6.07, 6.45) is -2.39. The molecular weight excluding hydrogens is 314 g/mol. The summed E-state index contributed by atoms with van der Waals surface area (Å²) in [5, 5.41) is 2.70. The van der Waals surface area contributed by atoms with Crippen molar-refractivity contribution in [3.8, 4) is 0 Å². The normalized spacial score (nSPS) is 17.4. The number of piperazine rings is 1. The zero-order valence-electron chi connectivity index (χ0n) is 12.7. The number of rotatable bonds is 4. The van der Waals surface area contributed by atoms with Crippen LogP contribution >= 0.6 is 0 Å². The van der Waals surface area contributed by atoms with E-state index in [9.17, 15) is 22.4 Å². The Hall–Kier alpha value is -1.83. The lowest BCUT2D eigenvalue weighted by molar-refractivity contribution is 0.0633. The molecule has 128 valence electrons. The number of nitrogens with zero attached hydrogens (tertiary/aromatic N) is 2. The number of carbonyl (C=O) groups is 1. The summed E-state index contributed by atoms with van der Waals surface area (Å²) in [4.78, 5) is 15.3. The quantitative estimate of drug-likeness (QED) is 0.860. The molecule has 1 heterocycles. The fourth-order valence-electron chi connectivity index (χ4n) is 2.47. The molecule has 1 N–H and O–H groups in total. The van der Waals surface area contributed by atoms with Crippen LogP contribution in [0.5, 0.6) is 0 Å². The number of nitrogens with one attached hydrogen (secondary N) is 1. The van der Waals surface area contributed by atoms with Crippen LogP contribution in [0.4, 0.5) is 22.4 Å². The van der Waals surface area contributed by atoms with Gasteiger partial charge in [-0.05, 0) is 24.6 Å². The van der Waals surface area contributed by atoms with Crippen molar-refractivity contribution in [2.45, 2.75) is 19.4 Å². The van der Waals surface area contributed by atoms with Crippen molar-refractivity contribution in [3.05, 3.63) is 35.4 Å². The molecule has 1 aliphatic heterocycles. The number of halogens is 4. The van der Waals surface area contributed by atoms with Gasteiger partial charge in [-0.15, -0.1) is 0 Å². The Labute approximate surface area is 132 Å². The smallest absolute Gasteiger partial charge is 0.317 e. The lowest BCUT2D eigenvalue weighted by Crippen LogP contribution is -2.52. The van der Waals surface area contributed by atoms with E-state index in [1.807, 2.05) is 0 Å². The van der Waals surface area contributed by atoms with Gasteiger partial charge in [0.25, 0.3) is 6.43 Å². The van der Waals surface area contributed by atoms with Gasteiger partial charge in [0.05, 0.1) is 12.6 Å². The molecule has 2 amide bonds. The Morgan fingerprint density at radius 1 is 1.17 bits per heavy atom. The van der Waals surface area contributed by atoms with Crippen molar-refractivity contribution in [1.82, 2.24) is 15.1 Å². The van der Waals surface area contributed by atoms with Gasteiger partial charge < -0.3 is 10.2 Å². The minimum Gasteiger partial charge on any atom is -0.331 e. The minimum absolute atomic E-state index is 0.291. The molecule has 1 fully saturated rings. The fraction of sp³-hybridized carbons (Fsp3) is 0.533. The topological polar surface area (TPSA) is 35.6 Å². The van der Waals surface area contributed by atoms with Gasteiger partial charge in [-0.3, -0.25) is 4.90 Å². The number of hydrogen-bond donors (Lipinski definition) is 1. The van der Waals surface area contributed by atoms with E-state index in [4.69, 9.17) is 0 Å². The number of carbonyl (C=O) groups excluding carboxylic acids is 1. The van der Waals surface area contributed by atoms with Crippen LogP contribution in [0.15, 0.2) is 18.2 Å². The van der Waals surface area contributed by atoms with Gasteiger partial charge >= 0.3 is 6.03 Å². The van der Waals surface area contributed by atoms with Crippen LogP contribution in [0.1, 0.15) is 18.5 Å². The molecule has 2 rings (SSSR count). The highest BCUT2D eigenvalue weighted by Gasteiger charge is 2.24. The number of amides is 2. The monoisotopic (exact) mass is 333 g/mol. The summed E-state index contributed by atoms with van der Waals surface area (Å²) >= 11 is 0. The van der Waals surface area contributed by atoms with Gasteiger partial charge in [-0.1, -0.05) is 6.07 Å². The third-order valence-corrected chi connectivity index (χ3v) is 3.84. The van der Waals surface area contributed by atoms with Crippen LogP contribution in [0.3, 0.4) is 0 Å². The third-order valence-electron chi connectivity index (χ3n) is 3.84. The van der Waals surface area contributed by atoms with Crippen LogP contribution in [0, 0.1) is 11.6 Å². The van der Waals surface area contributed by atoms with E-state index in [0.29, 0.717) is 31.7 Å². The predicted molar refractivity (Wildman–Crippen MR) is 77.3 cm³/mol. The first kappa shape index (κ1) is 17.5. The summed E-state index contributed by atoms with van der Waals surface area (Å²) in [5.41, 5.74) is 0.452. The second-order valence-electron chi connectivity index (χ2n) is 5.52. The van der Waals surface area contributed by atoms with Crippen LogP contribution in [0.2, 0.25) is 0 Å². The van der Waals surface area contributed by atoms with E-state index in [0.717, 1.165) is 12.1 Å².